The number of sulfonamides is 1. The monoisotopic (exact) mass is 475 g/mol. The molecule has 0 spiro atoms. The van der Waals surface area contributed by atoms with Gasteiger partial charge in [0.25, 0.3) is 0 Å². The molecule has 0 saturated carbocycles. The van der Waals surface area contributed by atoms with E-state index in [9.17, 15) is 18.0 Å². The molecule has 2 aromatic rings. The number of rotatable bonds is 6. The minimum atomic E-state index is -3.45. The van der Waals surface area contributed by atoms with E-state index in [0.717, 1.165) is 18.7 Å². The van der Waals surface area contributed by atoms with Gasteiger partial charge in [0.1, 0.15) is 0 Å². The van der Waals surface area contributed by atoms with Gasteiger partial charge in [-0.15, -0.1) is 0 Å². The molecule has 0 aliphatic carbocycles. The van der Waals surface area contributed by atoms with Crippen LogP contribution in [0.5, 0.6) is 0 Å². The number of piperidine rings is 1. The number of carbonyl (C=O) groups is 2. The number of amides is 2. The van der Waals surface area contributed by atoms with Crippen LogP contribution in [-0.2, 0) is 25.4 Å². The van der Waals surface area contributed by atoms with Gasteiger partial charge < -0.3 is 10.2 Å². The second kappa shape index (κ2) is 9.60. The summed E-state index contributed by atoms with van der Waals surface area (Å²) in [6, 6.07) is 14.1. The predicted octanol–water partition coefficient (Wildman–Crippen LogP) is 3.65. The van der Waals surface area contributed by atoms with Crippen molar-refractivity contribution in [1.29, 1.82) is 0 Å². The van der Waals surface area contributed by atoms with E-state index in [-0.39, 0.29) is 23.5 Å². The molecule has 0 unspecified atom stereocenters. The number of anilines is 2. The molecule has 4 rings (SSSR count). The fourth-order valence-corrected chi connectivity index (χ4v) is 5.86. The third-order valence-electron chi connectivity index (χ3n) is 6.00. The van der Waals surface area contributed by atoms with Crippen molar-refractivity contribution in [2.24, 2.45) is 5.92 Å². The van der Waals surface area contributed by atoms with Crippen LogP contribution < -0.4 is 10.2 Å². The van der Waals surface area contributed by atoms with Gasteiger partial charge >= 0.3 is 0 Å². The van der Waals surface area contributed by atoms with Gasteiger partial charge in [0.05, 0.1) is 5.75 Å². The third-order valence-corrected chi connectivity index (χ3v) is 8.10. The van der Waals surface area contributed by atoms with Crippen LogP contribution >= 0.6 is 11.6 Å². The summed E-state index contributed by atoms with van der Waals surface area (Å²) in [6.07, 6.45) is 2.40. The largest absolute Gasteiger partial charge is 0.326 e. The van der Waals surface area contributed by atoms with E-state index in [0.29, 0.717) is 48.6 Å². The van der Waals surface area contributed by atoms with Crippen LogP contribution in [0.2, 0.25) is 5.02 Å². The maximum Gasteiger partial charge on any atom is 0.227 e. The Morgan fingerprint density at radius 2 is 1.66 bits per heavy atom. The molecule has 2 amide bonds. The number of benzene rings is 2. The molecule has 170 valence electrons. The number of halogens is 1. The fraction of sp³-hybridized carbons (Fsp3) is 0.391. The Hall–Kier alpha value is -2.42. The third kappa shape index (κ3) is 5.31. The van der Waals surface area contributed by atoms with Crippen molar-refractivity contribution in [2.45, 2.75) is 31.4 Å². The summed E-state index contributed by atoms with van der Waals surface area (Å²) in [4.78, 5) is 26.3. The predicted molar refractivity (Wildman–Crippen MR) is 125 cm³/mol. The van der Waals surface area contributed by atoms with Gasteiger partial charge in [-0.2, -0.15) is 0 Å². The molecule has 0 bridgehead atoms. The molecule has 2 aliphatic heterocycles. The topological polar surface area (TPSA) is 86.8 Å². The van der Waals surface area contributed by atoms with Crippen LogP contribution in [0.1, 0.15) is 31.2 Å². The zero-order valence-corrected chi connectivity index (χ0v) is 19.2. The molecule has 0 radical (unpaired) electrons. The fourth-order valence-electron chi connectivity index (χ4n) is 4.17. The Morgan fingerprint density at radius 3 is 2.25 bits per heavy atom. The maximum absolute atomic E-state index is 12.7. The summed E-state index contributed by atoms with van der Waals surface area (Å²) in [5, 5.41) is 3.48. The van der Waals surface area contributed by atoms with Gasteiger partial charge in [-0.25, -0.2) is 12.7 Å². The Balaban J connectivity index is 1.29. The standard InChI is InChI=1S/C23H26ClN3O4S/c24-19-5-3-17(4-6-19)16-32(30,31)26-14-11-18(12-15-26)23(29)25-20-7-9-21(10-8-20)27-13-1-2-22(27)28/h3-10,18H,1-2,11-16H2,(H,25,29). The van der Waals surface area contributed by atoms with Gasteiger partial charge in [-0.3, -0.25) is 9.59 Å². The summed E-state index contributed by atoms with van der Waals surface area (Å²) < 4.78 is 26.9. The number of nitrogens with zero attached hydrogens (tertiary/aromatic N) is 2. The average molecular weight is 476 g/mol. The summed E-state index contributed by atoms with van der Waals surface area (Å²) >= 11 is 5.87. The van der Waals surface area contributed by atoms with Crippen LogP contribution in [0.4, 0.5) is 11.4 Å². The molecule has 0 atom stereocenters. The Morgan fingerprint density at radius 1 is 1.00 bits per heavy atom. The van der Waals surface area contributed by atoms with Gasteiger partial charge in [-0.05, 0) is 61.2 Å². The Bertz CT molecular complexity index is 1080. The van der Waals surface area contributed by atoms with Crippen molar-refractivity contribution < 1.29 is 18.0 Å². The quantitative estimate of drug-likeness (QED) is 0.690. The lowest BCUT2D eigenvalue weighted by atomic mass is 9.97. The molecule has 2 saturated heterocycles. The number of nitrogens with one attached hydrogen (secondary N) is 1. The van der Waals surface area contributed by atoms with E-state index in [1.54, 1.807) is 41.3 Å². The van der Waals surface area contributed by atoms with E-state index in [1.807, 2.05) is 12.1 Å². The molecule has 0 aromatic heterocycles. The molecule has 2 heterocycles. The van der Waals surface area contributed by atoms with E-state index >= 15 is 0 Å². The van der Waals surface area contributed by atoms with E-state index in [2.05, 4.69) is 5.32 Å². The molecule has 2 fully saturated rings. The number of hydrogen-bond acceptors (Lipinski definition) is 4. The van der Waals surface area contributed by atoms with Crippen LogP contribution in [-0.4, -0.2) is 44.2 Å². The highest BCUT2D eigenvalue weighted by atomic mass is 35.5. The van der Waals surface area contributed by atoms with Crippen molar-refractivity contribution in [3.8, 4) is 0 Å². The zero-order chi connectivity index (χ0) is 22.7. The van der Waals surface area contributed by atoms with E-state index < -0.39 is 10.0 Å². The lowest BCUT2D eigenvalue weighted by Gasteiger charge is -2.30. The Kier molecular flexibility index (Phi) is 6.83. The van der Waals surface area contributed by atoms with Crippen molar-refractivity contribution in [1.82, 2.24) is 4.31 Å². The molecular weight excluding hydrogens is 450 g/mol. The van der Waals surface area contributed by atoms with Gasteiger partial charge in [0.2, 0.25) is 21.8 Å². The molecule has 7 nitrogen and oxygen atoms in total. The first kappa shape index (κ1) is 22.8. The highest BCUT2D eigenvalue weighted by Crippen LogP contribution is 2.26. The number of carbonyl (C=O) groups excluding carboxylic acids is 2. The second-order valence-electron chi connectivity index (χ2n) is 8.24. The lowest BCUT2D eigenvalue weighted by molar-refractivity contribution is -0.121. The molecule has 9 heteroatoms. The molecular formula is C23H26ClN3O4S. The molecule has 2 aromatic carbocycles. The first-order chi connectivity index (χ1) is 15.3. The van der Waals surface area contributed by atoms with Crippen molar-refractivity contribution >= 4 is 44.8 Å². The van der Waals surface area contributed by atoms with Gasteiger partial charge in [-0.1, -0.05) is 23.7 Å². The summed E-state index contributed by atoms with van der Waals surface area (Å²) in [5.41, 5.74) is 2.20. The zero-order valence-electron chi connectivity index (χ0n) is 17.7. The normalized spacial score (nSPS) is 18.2. The van der Waals surface area contributed by atoms with Crippen LogP contribution in [0.25, 0.3) is 0 Å². The first-order valence-electron chi connectivity index (χ1n) is 10.8. The van der Waals surface area contributed by atoms with Crippen molar-refractivity contribution in [2.75, 3.05) is 29.9 Å². The van der Waals surface area contributed by atoms with Crippen LogP contribution in [0, 0.1) is 5.92 Å². The van der Waals surface area contributed by atoms with Crippen LogP contribution in [0.15, 0.2) is 48.5 Å². The number of hydrogen-bond donors (Lipinski definition) is 1. The smallest absolute Gasteiger partial charge is 0.227 e. The minimum absolute atomic E-state index is 0.0765. The van der Waals surface area contributed by atoms with Crippen molar-refractivity contribution in [3.63, 3.8) is 0 Å². The molecule has 32 heavy (non-hydrogen) atoms. The average Bonchev–Trinajstić information content (AvgIpc) is 3.22. The lowest BCUT2D eigenvalue weighted by Crippen LogP contribution is -2.41. The minimum Gasteiger partial charge on any atom is -0.326 e. The molecule has 1 N–H and O–H groups in total. The highest BCUT2D eigenvalue weighted by molar-refractivity contribution is 7.88. The summed E-state index contributed by atoms with van der Waals surface area (Å²) in [5.74, 6) is -0.298. The Labute approximate surface area is 193 Å². The van der Waals surface area contributed by atoms with E-state index in [1.165, 1.54) is 4.31 Å². The van der Waals surface area contributed by atoms with E-state index in [4.69, 9.17) is 11.6 Å². The van der Waals surface area contributed by atoms with Crippen LogP contribution in [0.3, 0.4) is 0 Å². The maximum atomic E-state index is 12.7. The summed E-state index contributed by atoms with van der Waals surface area (Å²) in [6.45, 7) is 1.37. The summed E-state index contributed by atoms with van der Waals surface area (Å²) in [7, 11) is -3.45. The second-order valence-corrected chi connectivity index (χ2v) is 10.6. The first-order valence-corrected chi connectivity index (χ1v) is 12.7. The highest BCUT2D eigenvalue weighted by Gasteiger charge is 2.31. The van der Waals surface area contributed by atoms with Crippen molar-refractivity contribution in [3.05, 3.63) is 59.1 Å². The van der Waals surface area contributed by atoms with Gasteiger partial charge in [0, 0.05) is 48.4 Å². The SMILES string of the molecule is O=C(Nc1ccc(N2CCCC2=O)cc1)C1CCN(S(=O)(=O)Cc2ccc(Cl)cc2)CC1. The van der Waals surface area contributed by atoms with Gasteiger partial charge in [0.15, 0.2) is 0 Å². The molecule has 2 aliphatic rings.